The molecule has 0 aromatic carbocycles. The Balaban J connectivity index is 2.47. The van der Waals surface area contributed by atoms with Gasteiger partial charge in [-0.25, -0.2) is 4.39 Å². The molecule has 0 amide bonds. The lowest BCUT2D eigenvalue weighted by molar-refractivity contribution is 0.622. The van der Waals surface area contributed by atoms with E-state index in [0.717, 1.165) is 6.20 Å². The highest BCUT2D eigenvalue weighted by Crippen LogP contribution is 2.10. The van der Waals surface area contributed by atoms with E-state index in [1.807, 2.05) is 0 Å². The van der Waals surface area contributed by atoms with Gasteiger partial charge in [0.15, 0.2) is 0 Å². The average molecular weight is 179 g/mol. The fraction of sp³-hybridized carbons (Fsp3) is 0. The second kappa shape index (κ2) is 2.85. The molecule has 2 N–H and O–H groups in total. The van der Waals surface area contributed by atoms with Crippen LogP contribution >= 0.6 is 0 Å². The first kappa shape index (κ1) is 7.72. The first-order valence-electron chi connectivity index (χ1n) is 3.65. The van der Waals surface area contributed by atoms with Crippen LogP contribution in [0.5, 0.6) is 0 Å². The molecule has 4 nitrogen and oxygen atoms in total. The summed E-state index contributed by atoms with van der Waals surface area (Å²) in [6.45, 7) is 0. The van der Waals surface area contributed by atoms with Gasteiger partial charge in [-0.15, -0.1) is 0 Å². The van der Waals surface area contributed by atoms with Crippen molar-refractivity contribution in [3.05, 3.63) is 40.6 Å². The van der Waals surface area contributed by atoms with Crippen molar-refractivity contribution in [2.24, 2.45) is 0 Å². The van der Waals surface area contributed by atoms with Crippen LogP contribution in [0.25, 0.3) is 11.4 Å². The normalized spacial score (nSPS) is 10.2. The average Bonchev–Trinajstić information content (AvgIpc) is 2.53. The minimum Gasteiger partial charge on any atom is -0.296 e. The molecule has 2 aromatic rings. The Kier molecular flexibility index (Phi) is 1.70. The van der Waals surface area contributed by atoms with Crippen molar-refractivity contribution in [1.29, 1.82) is 0 Å². The van der Waals surface area contributed by atoms with Gasteiger partial charge in [0.1, 0.15) is 5.82 Å². The Morgan fingerprint density at radius 3 is 2.69 bits per heavy atom. The van der Waals surface area contributed by atoms with E-state index in [1.54, 1.807) is 0 Å². The van der Waals surface area contributed by atoms with E-state index in [1.165, 1.54) is 18.2 Å². The molecule has 0 aliphatic carbocycles. The topological polar surface area (TPSA) is 61.5 Å². The second-order valence-corrected chi connectivity index (χ2v) is 2.53. The molecule has 0 saturated heterocycles. The Bertz CT molecular complexity index is 457. The number of nitrogens with zero attached hydrogens (tertiary/aromatic N) is 1. The van der Waals surface area contributed by atoms with Gasteiger partial charge in [-0.05, 0) is 12.1 Å². The summed E-state index contributed by atoms with van der Waals surface area (Å²) in [5, 5.41) is 4.99. The summed E-state index contributed by atoms with van der Waals surface area (Å²) >= 11 is 0. The van der Waals surface area contributed by atoms with E-state index in [0.29, 0.717) is 11.4 Å². The third-order valence-corrected chi connectivity index (χ3v) is 1.60. The van der Waals surface area contributed by atoms with Gasteiger partial charge in [-0.1, -0.05) is 0 Å². The molecule has 66 valence electrons. The Morgan fingerprint density at radius 1 is 1.31 bits per heavy atom. The van der Waals surface area contributed by atoms with Gasteiger partial charge in [0.05, 0.1) is 17.6 Å². The monoisotopic (exact) mass is 179 g/mol. The van der Waals surface area contributed by atoms with E-state index >= 15 is 0 Å². The summed E-state index contributed by atoms with van der Waals surface area (Å²) in [5.41, 5.74) is 0.839. The number of hydrogen-bond acceptors (Lipinski definition) is 2. The van der Waals surface area contributed by atoms with Crippen LogP contribution in [0.3, 0.4) is 0 Å². The van der Waals surface area contributed by atoms with Crippen molar-refractivity contribution in [2.45, 2.75) is 0 Å². The summed E-state index contributed by atoms with van der Waals surface area (Å²) in [6, 6.07) is 4.14. The van der Waals surface area contributed by atoms with Crippen LogP contribution in [0.1, 0.15) is 0 Å². The minimum absolute atomic E-state index is 0.235. The number of hydrogen-bond donors (Lipinski definition) is 2. The Morgan fingerprint density at radius 2 is 2.15 bits per heavy atom. The van der Waals surface area contributed by atoms with Crippen molar-refractivity contribution < 1.29 is 4.39 Å². The van der Waals surface area contributed by atoms with Gasteiger partial charge in [0.25, 0.3) is 5.56 Å². The number of H-pyrrole nitrogens is 2. The molecular formula is C8H6FN3O. The molecule has 0 unspecified atom stereocenters. The molecule has 0 radical (unpaired) electrons. The molecular weight excluding hydrogens is 173 g/mol. The maximum atomic E-state index is 12.5. The SMILES string of the molecule is O=c1cc(-c2ccc(F)cn2)[nH][nH]1. The first-order chi connectivity index (χ1) is 6.25. The number of nitrogens with one attached hydrogen (secondary N) is 2. The minimum atomic E-state index is -0.401. The van der Waals surface area contributed by atoms with Gasteiger partial charge in [-0.2, -0.15) is 0 Å². The fourth-order valence-corrected chi connectivity index (χ4v) is 1.01. The lowest BCUT2D eigenvalue weighted by Crippen LogP contribution is -1.93. The van der Waals surface area contributed by atoms with Crippen LogP contribution in [0.4, 0.5) is 4.39 Å². The van der Waals surface area contributed by atoms with Crippen LogP contribution in [0, 0.1) is 5.82 Å². The summed E-state index contributed by atoms with van der Waals surface area (Å²) < 4.78 is 12.5. The molecule has 0 aliphatic rings. The Labute approximate surface area is 72.4 Å². The fourth-order valence-electron chi connectivity index (χ4n) is 1.01. The molecule has 0 fully saturated rings. The van der Waals surface area contributed by atoms with Gasteiger partial charge in [0.2, 0.25) is 0 Å². The first-order valence-corrected chi connectivity index (χ1v) is 3.65. The number of pyridine rings is 1. The number of aromatic nitrogens is 3. The molecule has 0 atom stereocenters. The van der Waals surface area contributed by atoms with Crippen molar-refractivity contribution in [2.75, 3.05) is 0 Å². The maximum Gasteiger partial charge on any atom is 0.264 e. The molecule has 0 saturated carbocycles. The summed E-state index contributed by atoms with van der Waals surface area (Å²) in [7, 11) is 0. The third-order valence-electron chi connectivity index (χ3n) is 1.60. The van der Waals surface area contributed by atoms with E-state index in [-0.39, 0.29) is 5.56 Å². The van der Waals surface area contributed by atoms with Crippen molar-refractivity contribution in [3.63, 3.8) is 0 Å². The zero-order chi connectivity index (χ0) is 9.26. The molecule has 13 heavy (non-hydrogen) atoms. The molecule has 0 aliphatic heterocycles. The lowest BCUT2D eigenvalue weighted by atomic mass is 10.3. The zero-order valence-electron chi connectivity index (χ0n) is 6.54. The molecule has 0 spiro atoms. The zero-order valence-corrected chi connectivity index (χ0v) is 6.54. The van der Waals surface area contributed by atoms with Crippen molar-refractivity contribution in [1.82, 2.24) is 15.2 Å². The third kappa shape index (κ3) is 1.48. The van der Waals surface area contributed by atoms with Gasteiger partial charge < -0.3 is 0 Å². The molecule has 0 bridgehead atoms. The quantitative estimate of drug-likeness (QED) is 0.683. The van der Waals surface area contributed by atoms with Gasteiger partial charge in [-0.3, -0.25) is 20.0 Å². The standard InChI is InChI=1S/C8H6FN3O/c9-5-1-2-6(10-4-5)7-3-8(13)12-11-7/h1-4H,(H2,11,12,13). The van der Waals surface area contributed by atoms with Gasteiger partial charge >= 0.3 is 0 Å². The van der Waals surface area contributed by atoms with Gasteiger partial charge in [0, 0.05) is 6.07 Å². The molecule has 5 heteroatoms. The molecule has 2 heterocycles. The van der Waals surface area contributed by atoms with Crippen LogP contribution in [0.15, 0.2) is 29.2 Å². The number of rotatable bonds is 1. The highest BCUT2D eigenvalue weighted by molar-refractivity contribution is 5.52. The number of halogens is 1. The van der Waals surface area contributed by atoms with Crippen LogP contribution < -0.4 is 5.56 Å². The van der Waals surface area contributed by atoms with E-state index in [9.17, 15) is 9.18 Å². The number of aromatic amines is 2. The van der Waals surface area contributed by atoms with E-state index in [2.05, 4.69) is 15.2 Å². The smallest absolute Gasteiger partial charge is 0.264 e. The second-order valence-electron chi connectivity index (χ2n) is 2.53. The predicted octanol–water partition coefficient (Wildman–Crippen LogP) is 0.904. The van der Waals surface area contributed by atoms with Crippen molar-refractivity contribution in [3.8, 4) is 11.4 Å². The van der Waals surface area contributed by atoms with Crippen LogP contribution in [0.2, 0.25) is 0 Å². The molecule has 2 aromatic heterocycles. The highest BCUT2D eigenvalue weighted by atomic mass is 19.1. The summed E-state index contributed by atoms with van der Waals surface area (Å²) in [5.74, 6) is -0.401. The molecule has 2 rings (SSSR count). The van der Waals surface area contributed by atoms with Crippen molar-refractivity contribution >= 4 is 0 Å². The Hall–Kier alpha value is -1.91. The van der Waals surface area contributed by atoms with Crippen LogP contribution in [-0.4, -0.2) is 15.2 Å². The predicted molar refractivity (Wildman–Crippen MR) is 44.6 cm³/mol. The lowest BCUT2D eigenvalue weighted by Gasteiger charge is -1.93. The summed E-state index contributed by atoms with van der Waals surface area (Å²) in [4.78, 5) is 14.5. The van der Waals surface area contributed by atoms with E-state index in [4.69, 9.17) is 0 Å². The summed E-state index contributed by atoms with van der Waals surface area (Å²) in [6.07, 6.45) is 1.10. The van der Waals surface area contributed by atoms with E-state index < -0.39 is 5.82 Å². The largest absolute Gasteiger partial charge is 0.296 e. The highest BCUT2D eigenvalue weighted by Gasteiger charge is 2.01. The van der Waals surface area contributed by atoms with Crippen LogP contribution in [-0.2, 0) is 0 Å². The maximum absolute atomic E-state index is 12.5.